The Morgan fingerprint density at radius 1 is 0.649 bits per heavy atom. The minimum atomic E-state index is -4.52. The van der Waals surface area contributed by atoms with E-state index in [4.69, 9.17) is 0 Å². The monoisotopic (exact) mass is 537 g/mol. The Morgan fingerprint density at radius 3 is 1.41 bits per heavy atom. The maximum Gasteiger partial charge on any atom is 0.150 e. The van der Waals surface area contributed by atoms with Crippen molar-refractivity contribution in [3.63, 3.8) is 0 Å². The van der Waals surface area contributed by atoms with Crippen LogP contribution >= 0.6 is 0 Å². The average Bonchev–Trinajstić information content (AvgIpc) is 2.86. The van der Waals surface area contributed by atoms with E-state index in [0.717, 1.165) is 24.8 Å². The summed E-state index contributed by atoms with van der Waals surface area (Å²) in [4.78, 5) is -0.0364. The second-order valence-electron chi connectivity index (χ2n) is 11.5. The zero-order valence-electron chi connectivity index (χ0n) is 24.8. The van der Waals surface area contributed by atoms with Crippen molar-refractivity contribution in [2.75, 3.05) is 0 Å². The third-order valence-electron chi connectivity index (χ3n) is 8.09. The molecule has 4 nitrogen and oxygen atoms in total. The van der Waals surface area contributed by atoms with Crippen LogP contribution in [-0.4, -0.2) is 18.5 Å². The number of para-hydroxylation sites is 1. The zero-order valence-corrected chi connectivity index (χ0v) is 25.6. The summed E-state index contributed by atoms with van der Waals surface area (Å²) in [5.41, 5.74) is 1.53. The molecular weight excluding hydrogens is 478 g/mol. The van der Waals surface area contributed by atoms with Crippen LogP contribution in [-0.2, 0) is 10.1 Å². The van der Waals surface area contributed by atoms with Gasteiger partial charge in [0.25, 0.3) is 0 Å². The van der Waals surface area contributed by atoms with Gasteiger partial charge in [-0.05, 0) is 32.3 Å². The molecule has 37 heavy (non-hydrogen) atoms. The molecule has 5 heteroatoms. The number of nitrogens with two attached hydrogens (primary N) is 1. The van der Waals surface area contributed by atoms with E-state index in [1.54, 1.807) is 6.07 Å². The molecule has 0 atom stereocenters. The van der Waals surface area contributed by atoms with E-state index in [1.165, 1.54) is 122 Å². The first kappa shape index (κ1) is 34.1. The maximum absolute atomic E-state index is 12.2. The molecule has 0 spiro atoms. The summed E-state index contributed by atoms with van der Waals surface area (Å²) in [5, 5.41) is 2.25. The Bertz CT molecular complexity index is 765. The van der Waals surface area contributed by atoms with E-state index >= 15 is 0 Å². The van der Waals surface area contributed by atoms with Gasteiger partial charge >= 0.3 is 0 Å². The first-order chi connectivity index (χ1) is 17.8. The van der Waals surface area contributed by atoms with Gasteiger partial charge < -0.3 is 9.87 Å². The molecule has 0 unspecified atom stereocenters. The van der Waals surface area contributed by atoms with Crippen LogP contribution < -0.4 is 5.32 Å². The quantitative estimate of drug-likeness (QED) is 0.0811. The van der Waals surface area contributed by atoms with E-state index in [1.807, 2.05) is 13.0 Å². The predicted molar refractivity (Wildman–Crippen MR) is 157 cm³/mol. The first-order valence-electron chi connectivity index (χ1n) is 15.7. The molecule has 216 valence electrons. The lowest BCUT2D eigenvalue weighted by molar-refractivity contribution is -0.661. The van der Waals surface area contributed by atoms with Gasteiger partial charge in [-0.1, -0.05) is 129 Å². The van der Waals surface area contributed by atoms with Crippen molar-refractivity contribution in [2.24, 2.45) is 0 Å². The Labute approximate surface area is 230 Å². The lowest BCUT2D eigenvalue weighted by atomic mass is 9.81. The van der Waals surface area contributed by atoms with Crippen LogP contribution in [0.15, 0.2) is 23.1 Å². The lowest BCUT2D eigenvalue weighted by Gasteiger charge is -2.34. The summed E-state index contributed by atoms with van der Waals surface area (Å²) in [6.07, 6.45) is 26.0. The van der Waals surface area contributed by atoms with Crippen LogP contribution in [0.5, 0.6) is 0 Å². The van der Waals surface area contributed by atoms with Crippen LogP contribution in [0.25, 0.3) is 0 Å². The first-order valence-corrected chi connectivity index (χ1v) is 17.1. The van der Waals surface area contributed by atoms with Crippen LogP contribution in [0.1, 0.15) is 161 Å². The van der Waals surface area contributed by atoms with Gasteiger partial charge in [-0.2, -0.15) is 0 Å². The number of hydrogen-bond donors (Lipinski definition) is 1. The van der Waals surface area contributed by atoms with E-state index in [9.17, 15) is 13.0 Å². The molecule has 0 radical (unpaired) electrons. The minimum Gasteiger partial charge on any atom is -0.744 e. The highest BCUT2D eigenvalue weighted by Crippen LogP contribution is 2.30. The number of quaternary nitrogens is 1. The summed E-state index contributed by atoms with van der Waals surface area (Å²) in [6, 6.07) is 5.16. The van der Waals surface area contributed by atoms with Crippen molar-refractivity contribution in [1.29, 1.82) is 0 Å². The Kier molecular flexibility index (Phi) is 18.5. The maximum atomic E-state index is 12.2. The fraction of sp³-hybridized carbons (Fsp3) is 0.812. The number of hydrogen-bond acceptors (Lipinski definition) is 3. The van der Waals surface area contributed by atoms with Crippen LogP contribution in [0.4, 0.5) is 5.69 Å². The summed E-state index contributed by atoms with van der Waals surface area (Å²) in [7, 11) is -4.52. The smallest absolute Gasteiger partial charge is 0.150 e. The molecule has 0 amide bonds. The Hall–Kier alpha value is -0.910. The molecule has 0 fully saturated rings. The topological polar surface area (TPSA) is 73.8 Å². The van der Waals surface area contributed by atoms with Crippen molar-refractivity contribution in [3.8, 4) is 0 Å². The highest BCUT2D eigenvalue weighted by atomic mass is 32.2. The van der Waals surface area contributed by atoms with Crippen molar-refractivity contribution < 1.29 is 18.3 Å². The van der Waals surface area contributed by atoms with Crippen LogP contribution in [0.3, 0.4) is 0 Å². The molecule has 0 aromatic heterocycles. The van der Waals surface area contributed by atoms with E-state index in [0.29, 0.717) is 5.69 Å². The second kappa shape index (κ2) is 20.1. The number of unbranched alkanes of at least 4 members (excludes halogenated alkanes) is 15. The Morgan fingerprint density at radius 2 is 1.03 bits per heavy atom. The van der Waals surface area contributed by atoms with Gasteiger partial charge in [0.15, 0.2) is 5.69 Å². The molecule has 0 aliphatic heterocycles. The summed E-state index contributed by atoms with van der Waals surface area (Å²) in [6.45, 7) is 8.71. The van der Waals surface area contributed by atoms with Crippen molar-refractivity contribution in [1.82, 2.24) is 0 Å². The number of rotatable bonds is 24. The van der Waals surface area contributed by atoms with E-state index in [2.05, 4.69) is 26.1 Å². The molecule has 1 aromatic rings. The van der Waals surface area contributed by atoms with Crippen molar-refractivity contribution in [2.45, 2.75) is 173 Å². The summed E-state index contributed by atoms with van der Waals surface area (Å²) in [5.74, 6) is 0. The van der Waals surface area contributed by atoms with Gasteiger partial charge in [0, 0.05) is 24.8 Å². The van der Waals surface area contributed by atoms with Crippen molar-refractivity contribution >= 4 is 15.8 Å². The molecule has 0 saturated heterocycles. The third-order valence-corrected chi connectivity index (χ3v) is 8.98. The largest absolute Gasteiger partial charge is 0.744 e. The fourth-order valence-electron chi connectivity index (χ4n) is 5.73. The molecule has 0 saturated carbocycles. The van der Waals surface area contributed by atoms with Crippen LogP contribution in [0, 0.1) is 6.92 Å². The summed E-state index contributed by atoms with van der Waals surface area (Å²) < 4.78 is 36.6. The second-order valence-corrected chi connectivity index (χ2v) is 12.8. The molecule has 1 rings (SSSR count). The van der Waals surface area contributed by atoms with Gasteiger partial charge in [0.05, 0.1) is 0 Å². The van der Waals surface area contributed by atoms with Gasteiger partial charge in [0.1, 0.15) is 20.6 Å². The molecule has 2 N–H and O–H groups in total. The van der Waals surface area contributed by atoms with Crippen molar-refractivity contribution in [3.05, 3.63) is 23.8 Å². The average molecular weight is 538 g/mol. The molecular formula is C32H59NO3S. The molecule has 0 bridgehead atoms. The van der Waals surface area contributed by atoms with Gasteiger partial charge in [-0.3, -0.25) is 0 Å². The number of aryl methyl sites for hydroxylation is 1. The standard InChI is InChI=1S/C32H59NO3S/c1-5-8-11-14-17-20-26-32(27-21-18-15-12-9-6-2,28-22-19-16-13-10-7-3)33-31-29(4)24-23-25-30(31)37(34,35)36/h23-25,33H,5-22,26-28H2,1-4H3,(H,34,35,36). The highest BCUT2D eigenvalue weighted by molar-refractivity contribution is 7.85. The summed E-state index contributed by atoms with van der Waals surface area (Å²) >= 11 is 0. The van der Waals surface area contributed by atoms with Crippen LogP contribution in [0.2, 0.25) is 0 Å². The number of benzene rings is 1. The lowest BCUT2D eigenvalue weighted by Crippen LogP contribution is -2.92. The molecule has 0 aliphatic rings. The van der Waals surface area contributed by atoms with Gasteiger partial charge in [-0.15, -0.1) is 0 Å². The predicted octanol–water partition coefficient (Wildman–Crippen LogP) is 9.08. The third kappa shape index (κ3) is 14.7. The van der Waals surface area contributed by atoms with E-state index in [-0.39, 0.29) is 10.4 Å². The van der Waals surface area contributed by atoms with E-state index < -0.39 is 10.1 Å². The SMILES string of the molecule is CCCCCCCCC(CCCCCCCC)(CCCCCCCC)[NH2+]c1c(C)cccc1S(=O)(=O)[O-]. The zero-order chi connectivity index (χ0) is 27.4. The highest BCUT2D eigenvalue weighted by Gasteiger charge is 2.35. The molecule has 0 heterocycles. The molecule has 1 aromatic carbocycles. The fourth-order valence-corrected chi connectivity index (χ4v) is 6.46. The Balaban J connectivity index is 3.12. The molecule has 0 aliphatic carbocycles. The van der Waals surface area contributed by atoms with Gasteiger partial charge in [-0.25, -0.2) is 8.42 Å². The minimum absolute atomic E-state index is 0.0359. The normalized spacial score (nSPS) is 12.4. The van der Waals surface area contributed by atoms with Gasteiger partial charge in [0.2, 0.25) is 0 Å².